The highest BCUT2D eigenvalue weighted by Crippen LogP contribution is 2.17. The third-order valence-electron chi connectivity index (χ3n) is 9.16. The van der Waals surface area contributed by atoms with Crippen molar-refractivity contribution in [2.45, 2.75) is 76.5 Å². The zero-order valence-electron chi connectivity index (χ0n) is 33.3. The molecule has 14 N–H and O–H groups in total. The Bertz CT molecular complexity index is 2230. The van der Waals surface area contributed by atoms with Crippen LogP contribution in [-0.4, -0.2) is 119 Å². The molecule has 334 valence electrons. The highest BCUT2D eigenvalue weighted by molar-refractivity contribution is 7.80. The number of hydrogen-bond donors (Lipinski definition) is 12. The van der Waals surface area contributed by atoms with Gasteiger partial charge in [0.05, 0.1) is 42.9 Å². The van der Waals surface area contributed by atoms with E-state index in [1.54, 1.807) is 12.1 Å². The number of carboxylic acids is 3. The number of hydrogen-bond acceptors (Lipinski definition) is 16. The molecule has 0 spiro atoms. The van der Waals surface area contributed by atoms with Gasteiger partial charge in [-0.2, -0.15) is 17.6 Å². The molecule has 25 heteroatoms. The minimum absolute atomic E-state index is 0.00101. The Labute approximate surface area is 357 Å². The first kappa shape index (κ1) is 49.2. The fraction of sp³-hybridized carbons (Fsp3) is 0.432. The van der Waals surface area contributed by atoms with Crippen molar-refractivity contribution in [2.24, 2.45) is 28.3 Å². The molecule has 3 amide bonds. The number of ketones is 2. The number of aliphatic imine (C=N–C) groups is 1. The molecule has 3 rings (SSSR count). The number of amides is 3. The Hall–Kier alpha value is -7.18. The van der Waals surface area contributed by atoms with E-state index in [9.17, 15) is 58.5 Å². The summed E-state index contributed by atoms with van der Waals surface area (Å²) in [5.74, 6) is -11.1. The molecule has 0 radical (unpaired) electrons. The molecule has 0 aliphatic heterocycles. The van der Waals surface area contributed by atoms with E-state index >= 15 is 0 Å². The molecule has 0 bridgehead atoms. The number of aliphatic carboxylic acids is 3. The average molecular weight is 885 g/mol. The second-order valence-electron chi connectivity index (χ2n) is 14.0. The number of nitrogens with one attached hydrogen (secondary N) is 5. The predicted molar refractivity (Wildman–Crippen MR) is 224 cm³/mol. The van der Waals surface area contributed by atoms with Gasteiger partial charge in [-0.1, -0.05) is 0 Å². The number of nitrogens with zero attached hydrogens (tertiary/aromatic N) is 4. The molecule has 5 atom stereocenters. The van der Waals surface area contributed by atoms with Gasteiger partial charge in [-0.3, -0.25) is 48.3 Å². The fourth-order valence-corrected chi connectivity index (χ4v) is 6.06. The quantitative estimate of drug-likeness (QED) is 0.0190. The summed E-state index contributed by atoms with van der Waals surface area (Å²) in [6.07, 6.45) is -1.21. The molecule has 3 aromatic rings. The van der Waals surface area contributed by atoms with Crippen LogP contribution in [0.3, 0.4) is 0 Å². The number of rotatable bonds is 26. The number of carbonyl (C=O) groups excluding carboxylic acids is 5. The number of aromatic nitrogens is 4. The molecule has 2 aromatic heterocycles. The van der Waals surface area contributed by atoms with Crippen molar-refractivity contribution in [3.05, 3.63) is 52.1 Å². The van der Waals surface area contributed by atoms with E-state index in [0.29, 0.717) is 11.4 Å². The molecular weight excluding hydrogens is 837 g/mol. The summed E-state index contributed by atoms with van der Waals surface area (Å²) in [4.78, 5) is 131. The van der Waals surface area contributed by atoms with Crippen LogP contribution in [0.1, 0.15) is 67.9 Å². The van der Waals surface area contributed by atoms with Crippen LogP contribution in [0.4, 0.5) is 11.6 Å². The number of guanidine groups is 1. The predicted octanol–water partition coefficient (Wildman–Crippen LogP) is -1.45. The molecular formula is C37H48N12O12S. The highest BCUT2D eigenvalue weighted by atomic mass is 32.1. The number of fused-ring (bicyclic) bond motifs is 1. The van der Waals surface area contributed by atoms with Crippen LogP contribution < -0.4 is 44.0 Å². The normalized spacial score (nSPS) is 13.3. The van der Waals surface area contributed by atoms with Crippen molar-refractivity contribution in [1.82, 2.24) is 35.9 Å². The molecule has 0 saturated heterocycles. The number of Topliss-reactive ketones (excluding diaryl/α,β-unsaturated/α-hetero) is 2. The molecule has 0 unspecified atom stereocenters. The van der Waals surface area contributed by atoms with Gasteiger partial charge >= 0.3 is 17.9 Å². The summed E-state index contributed by atoms with van der Waals surface area (Å²) < 4.78 is 0. The van der Waals surface area contributed by atoms with Crippen molar-refractivity contribution in [3.63, 3.8) is 0 Å². The van der Waals surface area contributed by atoms with E-state index in [0.717, 1.165) is 0 Å². The van der Waals surface area contributed by atoms with Gasteiger partial charge in [0.15, 0.2) is 28.7 Å². The van der Waals surface area contributed by atoms with E-state index in [4.69, 9.17) is 17.2 Å². The van der Waals surface area contributed by atoms with Crippen LogP contribution in [0.25, 0.3) is 11.2 Å². The van der Waals surface area contributed by atoms with Crippen molar-refractivity contribution in [3.8, 4) is 0 Å². The monoisotopic (exact) mass is 884 g/mol. The second kappa shape index (κ2) is 23.6. The lowest BCUT2D eigenvalue weighted by molar-refractivity contribution is -0.144. The number of nitrogen functional groups attached to an aromatic ring is 1. The van der Waals surface area contributed by atoms with Gasteiger partial charge in [0.2, 0.25) is 17.8 Å². The molecule has 62 heavy (non-hydrogen) atoms. The number of nitrogens with two attached hydrogens (primary N) is 3. The lowest BCUT2D eigenvalue weighted by Gasteiger charge is -2.23. The van der Waals surface area contributed by atoms with Crippen molar-refractivity contribution in [1.29, 1.82) is 0 Å². The first-order chi connectivity index (χ1) is 29.3. The van der Waals surface area contributed by atoms with Crippen molar-refractivity contribution >= 4 is 88.6 Å². The number of anilines is 2. The van der Waals surface area contributed by atoms with Gasteiger partial charge in [0.1, 0.15) is 6.04 Å². The maximum atomic E-state index is 13.4. The maximum Gasteiger partial charge on any atom is 0.326 e. The topological polar surface area (TPSA) is 407 Å². The summed E-state index contributed by atoms with van der Waals surface area (Å²) >= 11 is 3.91. The highest BCUT2D eigenvalue weighted by Gasteiger charge is 2.32. The number of carbonyl (C=O) groups is 8. The van der Waals surface area contributed by atoms with Crippen LogP contribution in [0, 0.1) is 11.8 Å². The second-order valence-corrected chi connectivity index (χ2v) is 14.3. The van der Waals surface area contributed by atoms with E-state index < -0.39 is 108 Å². The van der Waals surface area contributed by atoms with Crippen molar-refractivity contribution < 1.29 is 53.7 Å². The Morgan fingerprint density at radius 3 is 2.15 bits per heavy atom. The van der Waals surface area contributed by atoms with Gasteiger partial charge < -0.3 is 53.8 Å². The third-order valence-corrected chi connectivity index (χ3v) is 9.60. The molecule has 0 saturated carbocycles. The van der Waals surface area contributed by atoms with Crippen LogP contribution in [0.2, 0.25) is 0 Å². The van der Waals surface area contributed by atoms with Gasteiger partial charge in [-0.05, 0) is 50.5 Å². The Morgan fingerprint density at radius 1 is 0.855 bits per heavy atom. The maximum absolute atomic E-state index is 13.4. The van der Waals surface area contributed by atoms with E-state index in [-0.39, 0.29) is 66.7 Å². The van der Waals surface area contributed by atoms with E-state index in [2.05, 4.69) is 58.8 Å². The summed E-state index contributed by atoms with van der Waals surface area (Å²) in [6.45, 7) is 1.53. The van der Waals surface area contributed by atoms with Crippen molar-refractivity contribution in [2.75, 3.05) is 23.3 Å². The molecule has 1 aromatic carbocycles. The summed E-state index contributed by atoms with van der Waals surface area (Å²) in [5.41, 5.74) is 16.8. The van der Waals surface area contributed by atoms with Gasteiger partial charge in [0.25, 0.3) is 11.5 Å². The first-order valence-corrected chi connectivity index (χ1v) is 19.6. The molecule has 0 aliphatic rings. The number of thiol groups is 1. The fourth-order valence-electron chi connectivity index (χ4n) is 5.77. The van der Waals surface area contributed by atoms with E-state index in [1.807, 2.05) is 0 Å². The Balaban J connectivity index is 1.57. The minimum Gasteiger partial charge on any atom is -0.481 e. The number of H-pyrrole nitrogens is 1. The number of carboxylic acid groups (broad SMARTS) is 3. The molecule has 24 nitrogen and oxygen atoms in total. The van der Waals surface area contributed by atoms with E-state index in [1.165, 1.54) is 25.3 Å². The first-order valence-electron chi connectivity index (χ1n) is 18.9. The molecule has 2 heterocycles. The lowest BCUT2D eigenvalue weighted by atomic mass is 9.92. The van der Waals surface area contributed by atoms with Crippen LogP contribution >= 0.6 is 12.6 Å². The minimum atomic E-state index is -1.62. The SMILES string of the molecule is C[C@H](NC(=O)CC[C@H](NC(=O)c1ccc(NCc2cnc3nc(N)[nH]c(=O)c3n2)cc1)C(=O)O)C(=O)C[C@@H](CCCN=C(N)N)C(=O)N[C@@H](CC(=O)O)C(=O)C[C@@H](CS)C(=O)O. The average Bonchev–Trinajstić information content (AvgIpc) is 3.20. The lowest BCUT2D eigenvalue weighted by Crippen LogP contribution is -2.47. The summed E-state index contributed by atoms with van der Waals surface area (Å²) in [7, 11) is 0. The van der Waals surface area contributed by atoms with Gasteiger partial charge in [-0.15, -0.1) is 0 Å². The van der Waals surface area contributed by atoms with Gasteiger partial charge in [0, 0.05) is 48.7 Å². The van der Waals surface area contributed by atoms with Crippen LogP contribution in [0.15, 0.2) is 40.2 Å². The summed E-state index contributed by atoms with van der Waals surface area (Å²) in [5, 5.41) is 38.6. The Morgan fingerprint density at radius 2 is 1.53 bits per heavy atom. The largest absolute Gasteiger partial charge is 0.481 e. The summed E-state index contributed by atoms with van der Waals surface area (Å²) in [6, 6.07) is 1.63. The smallest absolute Gasteiger partial charge is 0.326 e. The standard InChI is InChI=1S/C37H48N12O12S/c1-17(25(50)11-19(3-2-10-41-36(38)39)32(56)47-24(13-28(53)54)26(51)12-20(16-62)34(58)59)44-27(52)9-8-23(35(60)61)46-31(55)18-4-6-21(7-5-18)42-14-22-15-43-30-29(45-22)33(57)49-37(40)48-30/h4-7,15,17,19-20,23-24,42,62H,2-3,8-14,16H2,1H3,(H,44,52)(H,46,55)(H,47,56)(H,53,54)(H,58,59)(H,60,61)(H4,38,39,41)(H3,40,43,48,49,57)/t17-,19+,20-,23-,24-/m0/s1. The number of benzene rings is 1. The van der Waals surface area contributed by atoms with Crippen LogP contribution in [0.5, 0.6) is 0 Å². The van der Waals surface area contributed by atoms with Crippen LogP contribution in [-0.2, 0) is 40.1 Å². The Kier molecular flexibility index (Phi) is 18.7. The van der Waals surface area contributed by atoms with Gasteiger partial charge in [-0.25, -0.2) is 14.8 Å². The molecule has 0 fully saturated rings. The number of aromatic amines is 1. The third kappa shape index (κ3) is 15.8. The zero-order valence-corrected chi connectivity index (χ0v) is 34.2. The molecule has 0 aliphatic carbocycles. The zero-order chi connectivity index (χ0) is 46.1.